The topological polar surface area (TPSA) is 17.1 Å². The number of fused-ring (bicyclic) bond motifs is 1. The van der Waals surface area contributed by atoms with Crippen LogP contribution >= 0.6 is 0 Å². The van der Waals surface area contributed by atoms with Gasteiger partial charge >= 0.3 is 0 Å². The molecule has 1 aromatic carbocycles. The molecule has 0 aromatic heterocycles. The van der Waals surface area contributed by atoms with E-state index in [1.165, 1.54) is 11.1 Å². The molecule has 74 valence electrons. The molecule has 2 atom stereocenters. The molecule has 1 aliphatic rings. The fourth-order valence-electron chi connectivity index (χ4n) is 2.29. The summed E-state index contributed by atoms with van der Waals surface area (Å²) in [6, 6.07) is 8.45. The second-order valence-electron chi connectivity index (χ2n) is 4.12. The molecule has 0 saturated heterocycles. The van der Waals surface area contributed by atoms with E-state index in [1.807, 2.05) is 6.92 Å². The Hall–Kier alpha value is -1.11. The summed E-state index contributed by atoms with van der Waals surface area (Å²) in [6.07, 6.45) is 1.75. The number of hydrogen-bond acceptors (Lipinski definition) is 1. The lowest BCUT2D eigenvalue weighted by atomic mass is 9.70. The quantitative estimate of drug-likeness (QED) is 0.712. The monoisotopic (exact) mass is 188 g/mol. The van der Waals surface area contributed by atoms with Crippen molar-refractivity contribution in [1.29, 1.82) is 0 Å². The average molecular weight is 188 g/mol. The molecule has 0 spiro atoms. The Morgan fingerprint density at radius 2 is 2.21 bits per heavy atom. The standard InChI is InChI=1S/C13H16O/c1-3-13(14)9(2)12-8-10-6-4-5-7-11(10)12/h4-7,9,12H,3,8H2,1-2H3. The number of carbonyl (C=O) groups excluding carboxylic acids is 1. The lowest BCUT2D eigenvalue weighted by Crippen LogP contribution is -2.28. The lowest BCUT2D eigenvalue weighted by molar-refractivity contribution is -0.122. The largest absolute Gasteiger partial charge is 0.299 e. The van der Waals surface area contributed by atoms with E-state index in [2.05, 4.69) is 31.2 Å². The van der Waals surface area contributed by atoms with Gasteiger partial charge in [-0.05, 0) is 23.5 Å². The van der Waals surface area contributed by atoms with Crippen molar-refractivity contribution in [1.82, 2.24) is 0 Å². The summed E-state index contributed by atoms with van der Waals surface area (Å²) in [6.45, 7) is 4.01. The van der Waals surface area contributed by atoms with Crippen molar-refractivity contribution in [3.63, 3.8) is 0 Å². The first-order chi connectivity index (χ1) is 6.74. The summed E-state index contributed by atoms with van der Waals surface area (Å²) in [5.74, 6) is 1.08. The van der Waals surface area contributed by atoms with Crippen molar-refractivity contribution in [2.24, 2.45) is 5.92 Å². The zero-order valence-electron chi connectivity index (χ0n) is 8.79. The Balaban J connectivity index is 2.15. The maximum absolute atomic E-state index is 11.6. The van der Waals surface area contributed by atoms with Gasteiger partial charge in [0.15, 0.2) is 0 Å². The molecule has 0 bridgehead atoms. The van der Waals surface area contributed by atoms with Gasteiger partial charge in [0.1, 0.15) is 5.78 Å². The number of ketones is 1. The summed E-state index contributed by atoms with van der Waals surface area (Å²) >= 11 is 0. The van der Waals surface area contributed by atoms with Gasteiger partial charge in [0, 0.05) is 12.3 Å². The molecule has 1 aromatic rings. The highest BCUT2D eigenvalue weighted by molar-refractivity contribution is 5.81. The highest BCUT2D eigenvalue weighted by Gasteiger charge is 2.32. The highest BCUT2D eigenvalue weighted by Crippen LogP contribution is 2.40. The van der Waals surface area contributed by atoms with Crippen LogP contribution in [0.1, 0.15) is 37.3 Å². The SMILES string of the molecule is CCC(=O)C(C)C1Cc2ccccc21. The summed E-state index contributed by atoms with van der Waals surface area (Å²) in [4.78, 5) is 11.6. The van der Waals surface area contributed by atoms with Crippen molar-refractivity contribution >= 4 is 5.78 Å². The lowest BCUT2D eigenvalue weighted by Gasteiger charge is -2.34. The molecule has 0 aliphatic heterocycles. The van der Waals surface area contributed by atoms with Crippen LogP contribution in [0.4, 0.5) is 0 Å². The molecule has 1 aliphatic carbocycles. The molecule has 0 N–H and O–H groups in total. The first kappa shape index (κ1) is 9.45. The van der Waals surface area contributed by atoms with E-state index in [9.17, 15) is 4.79 Å². The van der Waals surface area contributed by atoms with Crippen LogP contribution in [0.25, 0.3) is 0 Å². The number of Topliss-reactive ketones (excluding diaryl/α,β-unsaturated/α-hetero) is 1. The van der Waals surface area contributed by atoms with E-state index < -0.39 is 0 Å². The molecule has 0 heterocycles. The third-order valence-corrected chi connectivity index (χ3v) is 3.35. The molecule has 1 nitrogen and oxygen atoms in total. The summed E-state index contributed by atoms with van der Waals surface area (Å²) in [5, 5.41) is 0. The van der Waals surface area contributed by atoms with Gasteiger partial charge in [0.2, 0.25) is 0 Å². The van der Waals surface area contributed by atoms with Gasteiger partial charge in [-0.1, -0.05) is 38.1 Å². The molecule has 2 unspecified atom stereocenters. The van der Waals surface area contributed by atoms with Crippen LogP contribution in [0.2, 0.25) is 0 Å². The van der Waals surface area contributed by atoms with E-state index >= 15 is 0 Å². The zero-order valence-corrected chi connectivity index (χ0v) is 8.79. The maximum atomic E-state index is 11.6. The van der Waals surface area contributed by atoms with Crippen molar-refractivity contribution in [3.05, 3.63) is 35.4 Å². The number of hydrogen-bond donors (Lipinski definition) is 0. The average Bonchev–Trinajstić information content (AvgIpc) is 2.18. The Labute approximate surface area is 85.1 Å². The maximum Gasteiger partial charge on any atom is 0.136 e. The van der Waals surface area contributed by atoms with Gasteiger partial charge in [0.05, 0.1) is 0 Å². The summed E-state index contributed by atoms with van der Waals surface area (Å²) < 4.78 is 0. The first-order valence-corrected chi connectivity index (χ1v) is 5.34. The van der Waals surface area contributed by atoms with Gasteiger partial charge in [0.25, 0.3) is 0 Å². The Morgan fingerprint density at radius 1 is 1.50 bits per heavy atom. The predicted molar refractivity (Wildman–Crippen MR) is 57.3 cm³/mol. The normalized spacial score (nSPS) is 20.9. The van der Waals surface area contributed by atoms with Crippen LogP contribution in [0.3, 0.4) is 0 Å². The van der Waals surface area contributed by atoms with E-state index in [4.69, 9.17) is 0 Å². The molecule has 1 heteroatoms. The fourth-order valence-corrected chi connectivity index (χ4v) is 2.29. The molecule has 0 saturated carbocycles. The molecule has 2 rings (SSSR count). The van der Waals surface area contributed by atoms with E-state index in [-0.39, 0.29) is 5.92 Å². The van der Waals surface area contributed by atoms with Crippen molar-refractivity contribution < 1.29 is 4.79 Å². The van der Waals surface area contributed by atoms with E-state index in [0.29, 0.717) is 18.1 Å². The van der Waals surface area contributed by atoms with Gasteiger partial charge < -0.3 is 0 Å². The number of carbonyl (C=O) groups is 1. The summed E-state index contributed by atoms with van der Waals surface area (Å²) in [5.41, 5.74) is 2.81. The van der Waals surface area contributed by atoms with Crippen molar-refractivity contribution in [2.75, 3.05) is 0 Å². The third kappa shape index (κ3) is 1.37. The Kier molecular flexibility index (Phi) is 2.40. The Morgan fingerprint density at radius 3 is 2.86 bits per heavy atom. The third-order valence-electron chi connectivity index (χ3n) is 3.35. The highest BCUT2D eigenvalue weighted by atomic mass is 16.1. The van der Waals surface area contributed by atoms with Crippen LogP contribution in [-0.4, -0.2) is 5.78 Å². The first-order valence-electron chi connectivity index (χ1n) is 5.34. The minimum Gasteiger partial charge on any atom is -0.299 e. The Bertz CT molecular complexity index is 354. The molecule has 0 amide bonds. The predicted octanol–water partition coefficient (Wildman–Crippen LogP) is 2.94. The molecular formula is C13H16O. The van der Waals surface area contributed by atoms with Crippen molar-refractivity contribution in [2.45, 2.75) is 32.6 Å². The van der Waals surface area contributed by atoms with Gasteiger partial charge in [-0.3, -0.25) is 4.79 Å². The minimum absolute atomic E-state index is 0.204. The van der Waals surface area contributed by atoms with Gasteiger partial charge in [-0.15, -0.1) is 0 Å². The van der Waals surface area contributed by atoms with Crippen LogP contribution < -0.4 is 0 Å². The second-order valence-corrected chi connectivity index (χ2v) is 4.12. The van der Waals surface area contributed by atoms with E-state index in [1.54, 1.807) is 0 Å². The van der Waals surface area contributed by atoms with Crippen LogP contribution in [0.15, 0.2) is 24.3 Å². The van der Waals surface area contributed by atoms with Crippen LogP contribution in [0, 0.1) is 5.92 Å². The van der Waals surface area contributed by atoms with Crippen molar-refractivity contribution in [3.8, 4) is 0 Å². The minimum atomic E-state index is 0.204. The van der Waals surface area contributed by atoms with Gasteiger partial charge in [-0.2, -0.15) is 0 Å². The van der Waals surface area contributed by atoms with Crippen LogP contribution in [-0.2, 0) is 11.2 Å². The van der Waals surface area contributed by atoms with Crippen LogP contribution in [0.5, 0.6) is 0 Å². The molecule has 14 heavy (non-hydrogen) atoms. The van der Waals surface area contributed by atoms with E-state index in [0.717, 1.165) is 6.42 Å². The molecule has 0 radical (unpaired) electrons. The molecule has 0 fully saturated rings. The molecular weight excluding hydrogens is 172 g/mol. The number of rotatable bonds is 3. The zero-order chi connectivity index (χ0) is 10.1. The number of benzene rings is 1. The smallest absolute Gasteiger partial charge is 0.136 e. The fraction of sp³-hybridized carbons (Fsp3) is 0.462. The van der Waals surface area contributed by atoms with Gasteiger partial charge in [-0.25, -0.2) is 0 Å². The second kappa shape index (κ2) is 3.56. The summed E-state index contributed by atoms with van der Waals surface area (Å²) in [7, 11) is 0.